The Morgan fingerprint density at radius 1 is 1.42 bits per heavy atom. The normalized spacial score (nSPS) is 35.4. The van der Waals surface area contributed by atoms with Crippen LogP contribution in [0.25, 0.3) is 0 Å². The van der Waals surface area contributed by atoms with Crippen molar-refractivity contribution < 1.29 is 14.3 Å². The van der Waals surface area contributed by atoms with Gasteiger partial charge in [-0.25, -0.2) is 0 Å². The zero-order chi connectivity index (χ0) is 13.5. The lowest BCUT2D eigenvalue weighted by molar-refractivity contribution is -0.147. The first-order valence-electron chi connectivity index (χ1n) is 6.52. The molecular weight excluding hydrogens is 284 g/mol. The van der Waals surface area contributed by atoms with Gasteiger partial charge in [-0.15, -0.1) is 23.5 Å². The first-order valence-corrected chi connectivity index (χ1v) is 8.66. The van der Waals surface area contributed by atoms with Gasteiger partial charge in [0.25, 0.3) is 0 Å². The molecule has 3 heterocycles. The van der Waals surface area contributed by atoms with Crippen LogP contribution in [0.15, 0.2) is 0 Å². The fourth-order valence-electron chi connectivity index (χ4n) is 2.85. The van der Waals surface area contributed by atoms with Crippen molar-refractivity contribution in [3.8, 4) is 0 Å². The number of rotatable bonds is 1. The second-order valence-corrected chi connectivity index (χ2v) is 7.68. The van der Waals surface area contributed by atoms with E-state index in [9.17, 15) is 9.59 Å². The van der Waals surface area contributed by atoms with Crippen molar-refractivity contribution in [1.82, 2.24) is 9.80 Å². The maximum atomic E-state index is 12.6. The maximum Gasteiger partial charge on any atom is 0.246 e. The summed E-state index contributed by atoms with van der Waals surface area (Å²) in [7, 11) is 0. The third-order valence-electron chi connectivity index (χ3n) is 3.85. The van der Waals surface area contributed by atoms with E-state index < -0.39 is 0 Å². The van der Waals surface area contributed by atoms with Gasteiger partial charge in [0, 0.05) is 24.6 Å². The monoisotopic (exact) mass is 302 g/mol. The van der Waals surface area contributed by atoms with Crippen LogP contribution in [0.5, 0.6) is 0 Å². The van der Waals surface area contributed by atoms with E-state index in [4.69, 9.17) is 4.74 Å². The van der Waals surface area contributed by atoms with Gasteiger partial charge in [0.1, 0.15) is 6.04 Å². The van der Waals surface area contributed by atoms with Gasteiger partial charge in [0.15, 0.2) is 0 Å². The minimum absolute atomic E-state index is 0.0970. The van der Waals surface area contributed by atoms with Crippen molar-refractivity contribution >= 4 is 35.3 Å². The topological polar surface area (TPSA) is 49.9 Å². The Balaban J connectivity index is 1.77. The Kier molecular flexibility index (Phi) is 3.70. The van der Waals surface area contributed by atoms with Crippen LogP contribution in [0.1, 0.15) is 6.92 Å². The molecule has 7 heteroatoms. The molecule has 0 radical (unpaired) electrons. The SMILES string of the molecule is C[C@@]12CSCC(=O)N1[C@H](C(=O)N1CCOCC1)CS2. The van der Waals surface area contributed by atoms with E-state index >= 15 is 0 Å². The summed E-state index contributed by atoms with van der Waals surface area (Å²) >= 11 is 3.41. The van der Waals surface area contributed by atoms with E-state index in [1.807, 2.05) is 9.80 Å². The molecule has 0 unspecified atom stereocenters. The molecule has 5 nitrogen and oxygen atoms in total. The first kappa shape index (κ1) is 13.6. The quantitative estimate of drug-likeness (QED) is 0.695. The van der Waals surface area contributed by atoms with Gasteiger partial charge in [-0.2, -0.15) is 0 Å². The molecule has 3 aliphatic rings. The number of hydrogen-bond acceptors (Lipinski definition) is 5. The minimum atomic E-state index is -0.276. The molecule has 0 aliphatic carbocycles. The molecule has 106 valence electrons. The van der Waals surface area contributed by atoms with Crippen LogP contribution in [-0.4, -0.2) is 76.1 Å². The van der Waals surface area contributed by atoms with Gasteiger partial charge in [0.2, 0.25) is 11.8 Å². The zero-order valence-electron chi connectivity index (χ0n) is 11.0. The summed E-state index contributed by atoms with van der Waals surface area (Å²) in [5, 5.41) is 0. The Labute approximate surface area is 121 Å². The Morgan fingerprint density at radius 2 is 2.16 bits per heavy atom. The van der Waals surface area contributed by atoms with Crippen molar-refractivity contribution in [2.45, 2.75) is 17.8 Å². The van der Waals surface area contributed by atoms with Crippen molar-refractivity contribution in [1.29, 1.82) is 0 Å². The highest BCUT2D eigenvalue weighted by Gasteiger charge is 2.51. The highest BCUT2D eigenvalue weighted by molar-refractivity contribution is 8.04. The number of hydrogen-bond donors (Lipinski definition) is 0. The average molecular weight is 302 g/mol. The van der Waals surface area contributed by atoms with Gasteiger partial charge in [0.05, 0.1) is 23.8 Å². The fourth-order valence-corrected chi connectivity index (χ4v) is 5.55. The Hall–Kier alpha value is -0.400. The van der Waals surface area contributed by atoms with E-state index in [-0.39, 0.29) is 22.7 Å². The molecule has 0 saturated carbocycles. The molecule has 0 bridgehead atoms. The molecule has 0 aromatic carbocycles. The van der Waals surface area contributed by atoms with Crippen LogP contribution in [0, 0.1) is 0 Å². The van der Waals surface area contributed by atoms with E-state index in [2.05, 4.69) is 6.92 Å². The molecular formula is C12H18N2O3S2. The smallest absolute Gasteiger partial charge is 0.246 e. The fraction of sp³-hybridized carbons (Fsp3) is 0.833. The summed E-state index contributed by atoms with van der Waals surface area (Å²) in [5.74, 6) is 2.34. The predicted octanol–water partition coefficient (Wildman–Crippen LogP) is 0.252. The molecule has 0 spiro atoms. The van der Waals surface area contributed by atoms with Crippen LogP contribution < -0.4 is 0 Å². The van der Waals surface area contributed by atoms with Crippen molar-refractivity contribution in [3.63, 3.8) is 0 Å². The van der Waals surface area contributed by atoms with Crippen LogP contribution >= 0.6 is 23.5 Å². The number of carbonyl (C=O) groups is 2. The summed E-state index contributed by atoms with van der Waals surface area (Å²) in [4.78, 5) is 28.3. The van der Waals surface area contributed by atoms with Crippen LogP contribution in [-0.2, 0) is 14.3 Å². The van der Waals surface area contributed by atoms with E-state index in [1.165, 1.54) is 0 Å². The average Bonchev–Trinajstić information content (AvgIpc) is 2.78. The highest BCUT2D eigenvalue weighted by atomic mass is 32.2. The molecule has 3 aliphatic heterocycles. The van der Waals surface area contributed by atoms with Crippen LogP contribution in [0.4, 0.5) is 0 Å². The third-order valence-corrected chi connectivity index (χ3v) is 6.69. The third kappa shape index (κ3) is 2.36. The second kappa shape index (κ2) is 5.18. The van der Waals surface area contributed by atoms with Gasteiger partial charge in [-0.3, -0.25) is 9.59 Å². The number of fused-ring (bicyclic) bond motifs is 1. The summed E-state index contributed by atoms with van der Waals surface area (Å²) < 4.78 is 5.28. The summed E-state index contributed by atoms with van der Waals surface area (Å²) in [6.07, 6.45) is 0. The molecule has 19 heavy (non-hydrogen) atoms. The summed E-state index contributed by atoms with van der Waals surface area (Å²) in [6.45, 7) is 4.58. The number of thioether (sulfide) groups is 2. The number of amides is 2. The molecule has 2 amide bonds. The van der Waals surface area contributed by atoms with E-state index in [0.717, 1.165) is 11.5 Å². The van der Waals surface area contributed by atoms with Gasteiger partial charge in [-0.05, 0) is 6.92 Å². The van der Waals surface area contributed by atoms with Gasteiger partial charge < -0.3 is 14.5 Å². The molecule has 2 atom stereocenters. The molecule has 0 N–H and O–H groups in total. The lowest BCUT2D eigenvalue weighted by Crippen LogP contribution is -2.59. The number of nitrogens with zero attached hydrogens (tertiary/aromatic N) is 2. The van der Waals surface area contributed by atoms with Crippen LogP contribution in [0.3, 0.4) is 0 Å². The zero-order valence-corrected chi connectivity index (χ0v) is 12.6. The maximum absolute atomic E-state index is 12.6. The second-order valence-electron chi connectivity index (χ2n) is 5.20. The number of carbonyl (C=O) groups excluding carboxylic acids is 2. The molecule has 3 fully saturated rings. The largest absolute Gasteiger partial charge is 0.378 e. The molecule has 3 saturated heterocycles. The standard InChI is InChI=1S/C12H18N2O3S2/c1-12-8-18-7-10(15)14(12)9(6-19-12)11(16)13-2-4-17-5-3-13/h9H,2-8H2,1H3/t9-,12+/m0/s1. The number of morpholine rings is 1. The van der Waals surface area contributed by atoms with Gasteiger partial charge >= 0.3 is 0 Å². The summed E-state index contributed by atoms with van der Waals surface area (Å²) in [5.41, 5.74) is 0. The Morgan fingerprint density at radius 3 is 2.89 bits per heavy atom. The summed E-state index contributed by atoms with van der Waals surface area (Å²) in [6, 6.07) is -0.276. The van der Waals surface area contributed by atoms with Crippen molar-refractivity contribution in [2.75, 3.05) is 43.6 Å². The minimum Gasteiger partial charge on any atom is -0.378 e. The van der Waals surface area contributed by atoms with Gasteiger partial charge in [-0.1, -0.05) is 0 Å². The molecule has 0 aromatic rings. The van der Waals surface area contributed by atoms with E-state index in [0.29, 0.717) is 32.1 Å². The van der Waals surface area contributed by atoms with Crippen molar-refractivity contribution in [2.24, 2.45) is 0 Å². The van der Waals surface area contributed by atoms with Crippen LogP contribution in [0.2, 0.25) is 0 Å². The highest BCUT2D eigenvalue weighted by Crippen LogP contribution is 2.44. The number of ether oxygens (including phenoxy) is 1. The Bertz CT molecular complexity index is 400. The van der Waals surface area contributed by atoms with E-state index in [1.54, 1.807) is 23.5 Å². The van der Waals surface area contributed by atoms with Crippen molar-refractivity contribution in [3.05, 3.63) is 0 Å². The molecule has 3 rings (SSSR count). The lowest BCUT2D eigenvalue weighted by atomic mass is 10.1. The molecule has 0 aromatic heterocycles. The first-order chi connectivity index (χ1) is 9.12. The lowest BCUT2D eigenvalue weighted by Gasteiger charge is -2.41. The predicted molar refractivity (Wildman–Crippen MR) is 76.2 cm³/mol.